The first-order valence-corrected chi connectivity index (χ1v) is 12.6. The van der Waals surface area contributed by atoms with Crippen LogP contribution in [0.4, 0.5) is 0 Å². The second-order valence-corrected chi connectivity index (χ2v) is 9.21. The summed E-state index contributed by atoms with van der Waals surface area (Å²) in [4.78, 5) is 24.2. The molecule has 5 rings (SSSR count). The normalized spacial score (nSPS) is 10.6. The number of nitrogens with two attached hydrogens (primary N) is 1. The number of benzene rings is 4. The molecular formula is C32H29ClN2O5. The Morgan fingerprint density at radius 2 is 1.60 bits per heavy atom. The Bertz CT molecular complexity index is 1630. The van der Waals surface area contributed by atoms with Crippen molar-refractivity contribution < 1.29 is 23.8 Å². The molecule has 4 aromatic carbocycles. The first kappa shape index (κ1) is 28.4. The third kappa shape index (κ3) is 6.69. The van der Waals surface area contributed by atoms with E-state index in [9.17, 15) is 14.7 Å². The molecule has 0 bridgehead atoms. The van der Waals surface area contributed by atoms with Crippen molar-refractivity contribution in [3.8, 4) is 16.9 Å². The molecule has 7 nitrogen and oxygen atoms in total. The van der Waals surface area contributed by atoms with E-state index in [0.717, 1.165) is 33.2 Å². The van der Waals surface area contributed by atoms with Crippen LogP contribution in [-0.2, 0) is 30.9 Å². The van der Waals surface area contributed by atoms with E-state index in [1.807, 2.05) is 72.8 Å². The molecule has 0 radical (unpaired) electrons. The Labute approximate surface area is 238 Å². The van der Waals surface area contributed by atoms with Gasteiger partial charge in [0.2, 0.25) is 0 Å². The first-order chi connectivity index (χ1) is 19.0. The summed E-state index contributed by atoms with van der Waals surface area (Å²) >= 11 is 0. The number of carbonyl (C=O) groups is 2. The predicted molar refractivity (Wildman–Crippen MR) is 157 cm³/mol. The Morgan fingerprint density at radius 3 is 2.38 bits per heavy atom. The van der Waals surface area contributed by atoms with Crippen molar-refractivity contribution in [2.45, 2.75) is 26.1 Å². The number of carboxylic acid groups (broad SMARTS) is 1. The lowest BCUT2D eigenvalue weighted by atomic mass is 9.99. The predicted octanol–water partition coefficient (Wildman–Crippen LogP) is 6.12. The van der Waals surface area contributed by atoms with Gasteiger partial charge in [-0.3, -0.25) is 9.59 Å². The highest BCUT2D eigenvalue weighted by Crippen LogP contribution is 2.34. The Hall–Kier alpha value is -4.59. The lowest BCUT2D eigenvalue weighted by molar-refractivity contribution is -0.136. The molecule has 5 aromatic rings. The molecule has 0 aliphatic carbocycles. The number of rotatable bonds is 10. The van der Waals surface area contributed by atoms with Gasteiger partial charge in [0.1, 0.15) is 17.9 Å². The summed E-state index contributed by atoms with van der Waals surface area (Å²) in [5.41, 5.74) is 11.6. The number of hydrogen-bond donors (Lipinski definition) is 3. The molecule has 204 valence electrons. The van der Waals surface area contributed by atoms with Crippen LogP contribution in [0.2, 0.25) is 0 Å². The largest absolute Gasteiger partial charge is 0.489 e. The van der Waals surface area contributed by atoms with Crippen LogP contribution < -0.4 is 15.8 Å². The van der Waals surface area contributed by atoms with Gasteiger partial charge in [-0.05, 0) is 52.6 Å². The van der Waals surface area contributed by atoms with E-state index in [4.69, 9.17) is 14.9 Å². The fourth-order valence-electron chi connectivity index (χ4n) is 4.47. The molecule has 1 heterocycles. The highest BCUT2D eigenvalue weighted by molar-refractivity contribution is 6.00. The van der Waals surface area contributed by atoms with Gasteiger partial charge in [-0.25, -0.2) is 0 Å². The summed E-state index contributed by atoms with van der Waals surface area (Å²) in [7, 11) is 0. The van der Waals surface area contributed by atoms with Crippen LogP contribution in [0, 0.1) is 0 Å². The highest BCUT2D eigenvalue weighted by atomic mass is 35.5. The van der Waals surface area contributed by atoms with Crippen molar-refractivity contribution in [1.29, 1.82) is 0 Å². The van der Waals surface area contributed by atoms with Crippen molar-refractivity contribution in [2.75, 3.05) is 0 Å². The monoisotopic (exact) mass is 556 g/mol. The number of halogens is 1. The van der Waals surface area contributed by atoms with Gasteiger partial charge >= 0.3 is 5.97 Å². The topological polar surface area (TPSA) is 115 Å². The summed E-state index contributed by atoms with van der Waals surface area (Å²) in [6, 6.07) is 30.2. The molecule has 40 heavy (non-hydrogen) atoms. The van der Waals surface area contributed by atoms with Gasteiger partial charge in [-0.2, -0.15) is 0 Å². The van der Waals surface area contributed by atoms with Gasteiger partial charge in [-0.15, -0.1) is 12.4 Å². The number of carboxylic acids is 1. The number of fused-ring (bicyclic) bond motifs is 1. The average Bonchev–Trinajstić information content (AvgIpc) is 3.40. The Balaban J connectivity index is 0.00000370. The second kappa shape index (κ2) is 13.0. The maximum Gasteiger partial charge on any atom is 0.307 e. The molecule has 0 spiro atoms. The van der Waals surface area contributed by atoms with Gasteiger partial charge in [0.25, 0.3) is 5.91 Å². The Morgan fingerprint density at radius 1 is 0.850 bits per heavy atom. The number of hydrogen-bond acceptors (Lipinski definition) is 5. The minimum absolute atomic E-state index is 0. The fourth-order valence-corrected chi connectivity index (χ4v) is 4.47. The first-order valence-electron chi connectivity index (χ1n) is 12.6. The van der Waals surface area contributed by atoms with E-state index in [-0.39, 0.29) is 37.1 Å². The number of amides is 1. The molecular weight excluding hydrogens is 528 g/mol. The minimum atomic E-state index is -0.925. The molecule has 0 unspecified atom stereocenters. The number of nitrogens with one attached hydrogen (secondary N) is 1. The van der Waals surface area contributed by atoms with E-state index in [1.54, 1.807) is 24.3 Å². The van der Waals surface area contributed by atoms with Crippen molar-refractivity contribution >= 4 is 35.3 Å². The molecule has 4 N–H and O–H groups in total. The van der Waals surface area contributed by atoms with Crippen LogP contribution in [-0.4, -0.2) is 17.0 Å². The molecule has 0 aliphatic rings. The molecule has 1 aromatic heterocycles. The number of furan rings is 1. The van der Waals surface area contributed by atoms with Crippen LogP contribution in [0.5, 0.6) is 5.75 Å². The van der Waals surface area contributed by atoms with Crippen molar-refractivity contribution in [3.63, 3.8) is 0 Å². The van der Waals surface area contributed by atoms with Crippen LogP contribution in [0.3, 0.4) is 0 Å². The molecule has 8 heteroatoms. The molecule has 1 amide bonds. The second-order valence-electron chi connectivity index (χ2n) is 9.21. The van der Waals surface area contributed by atoms with E-state index < -0.39 is 5.97 Å². The Kier molecular flexibility index (Phi) is 9.22. The summed E-state index contributed by atoms with van der Waals surface area (Å²) in [6.45, 7) is 0.985. The molecule has 0 saturated carbocycles. The SMILES string of the molecule is Cl.NCc1cccc(-c2cc(COc3ccccc3CC(=O)O)cc3cc(C(=O)NCc4ccccc4)oc23)c1. The van der Waals surface area contributed by atoms with Gasteiger partial charge < -0.3 is 25.3 Å². The van der Waals surface area contributed by atoms with Crippen molar-refractivity contribution in [1.82, 2.24) is 5.32 Å². The van der Waals surface area contributed by atoms with Gasteiger partial charge in [-0.1, -0.05) is 66.7 Å². The van der Waals surface area contributed by atoms with E-state index in [2.05, 4.69) is 5.32 Å². The average molecular weight is 557 g/mol. The number of carbonyl (C=O) groups excluding carboxylic acids is 1. The third-order valence-corrected chi connectivity index (χ3v) is 6.38. The summed E-state index contributed by atoms with van der Waals surface area (Å²) in [5, 5.41) is 12.9. The maximum absolute atomic E-state index is 13.0. The zero-order valence-corrected chi connectivity index (χ0v) is 22.4. The van der Waals surface area contributed by atoms with Crippen molar-refractivity contribution in [3.05, 3.63) is 125 Å². The van der Waals surface area contributed by atoms with Crippen LogP contribution in [0.15, 0.2) is 101 Å². The van der Waals surface area contributed by atoms with Gasteiger partial charge in [0, 0.05) is 29.6 Å². The maximum atomic E-state index is 13.0. The highest BCUT2D eigenvalue weighted by Gasteiger charge is 2.17. The van der Waals surface area contributed by atoms with E-state index in [1.165, 1.54) is 0 Å². The van der Waals surface area contributed by atoms with E-state index >= 15 is 0 Å². The molecule has 0 fully saturated rings. The molecule has 0 aliphatic heterocycles. The fraction of sp³-hybridized carbons (Fsp3) is 0.125. The molecule has 0 saturated heterocycles. The van der Waals surface area contributed by atoms with Crippen LogP contribution in [0.25, 0.3) is 22.1 Å². The standard InChI is InChI=1S/C32H28N2O5.ClH/c33-18-22-9-6-11-24(13-22)27-15-23(20-38-28-12-5-4-10-25(28)17-30(35)36)14-26-16-29(39-31(26)27)32(37)34-19-21-7-2-1-3-8-21;/h1-16H,17-20,33H2,(H,34,37)(H,35,36);1H. The molecule has 0 atom stereocenters. The number of para-hydroxylation sites is 1. The lowest BCUT2D eigenvalue weighted by Crippen LogP contribution is -2.22. The minimum Gasteiger partial charge on any atom is -0.489 e. The van der Waals surface area contributed by atoms with Gasteiger partial charge in [0.05, 0.1) is 6.42 Å². The quantitative estimate of drug-likeness (QED) is 0.191. The number of aliphatic carboxylic acids is 1. The van der Waals surface area contributed by atoms with Crippen LogP contribution >= 0.6 is 12.4 Å². The number of ether oxygens (including phenoxy) is 1. The lowest BCUT2D eigenvalue weighted by Gasteiger charge is -2.12. The summed E-state index contributed by atoms with van der Waals surface area (Å²) in [6.07, 6.45) is -0.129. The third-order valence-electron chi connectivity index (χ3n) is 6.38. The van der Waals surface area contributed by atoms with Crippen molar-refractivity contribution in [2.24, 2.45) is 5.73 Å². The zero-order chi connectivity index (χ0) is 27.2. The van der Waals surface area contributed by atoms with E-state index in [0.29, 0.717) is 30.0 Å². The smallest absolute Gasteiger partial charge is 0.307 e. The van der Waals surface area contributed by atoms with Crippen LogP contribution in [0.1, 0.15) is 32.8 Å². The van der Waals surface area contributed by atoms with Gasteiger partial charge in [0.15, 0.2) is 5.76 Å². The summed E-state index contributed by atoms with van der Waals surface area (Å²) in [5.74, 6) is -0.509. The summed E-state index contributed by atoms with van der Waals surface area (Å²) < 4.78 is 12.2. The zero-order valence-electron chi connectivity index (χ0n) is 21.6.